The first kappa shape index (κ1) is 18.9. The van der Waals surface area contributed by atoms with Gasteiger partial charge in [-0.15, -0.1) is 0 Å². The maximum Gasteiger partial charge on any atom is 0.224 e. The maximum atomic E-state index is 12.3. The van der Waals surface area contributed by atoms with E-state index in [0.717, 1.165) is 19.5 Å². The van der Waals surface area contributed by atoms with Gasteiger partial charge in [0.2, 0.25) is 5.91 Å². The van der Waals surface area contributed by atoms with E-state index in [0.29, 0.717) is 13.0 Å². The zero-order valence-electron chi connectivity index (χ0n) is 14.6. The summed E-state index contributed by atoms with van der Waals surface area (Å²) < 4.78 is 23.1. The SMILES string of the molecule is CCN(CC)[C@H](CNC(=O)[C@H]1CCS(=O)(=O)C1)Cc1ccccc1. The van der Waals surface area contributed by atoms with Gasteiger partial charge in [-0.3, -0.25) is 9.69 Å². The average molecular weight is 353 g/mol. The molecule has 0 bridgehead atoms. The lowest BCUT2D eigenvalue weighted by Crippen LogP contribution is -2.46. The standard InChI is InChI=1S/C18H28N2O3S/c1-3-20(4-2)17(12-15-8-6-5-7-9-15)13-19-18(21)16-10-11-24(22,23)14-16/h5-9,16-17H,3-4,10-14H2,1-2H3,(H,19,21)/t16-,17-/m0/s1. The van der Waals surface area contributed by atoms with E-state index in [1.54, 1.807) is 0 Å². The third kappa shape index (κ3) is 5.31. The van der Waals surface area contributed by atoms with E-state index >= 15 is 0 Å². The second-order valence-corrected chi connectivity index (χ2v) is 8.64. The molecule has 0 saturated carbocycles. The molecule has 1 amide bonds. The lowest BCUT2D eigenvalue weighted by Gasteiger charge is -2.30. The number of hydrogen-bond donors (Lipinski definition) is 1. The van der Waals surface area contributed by atoms with Crippen LogP contribution >= 0.6 is 0 Å². The molecule has 1 aromatic rings. The number of nitrogens with one attached hydrogen (secondary N) is 1. The van der Waals surface area contributed by atoms with Gasteiger partial charge in [0, 0.05) is 12.6 Å². The fourth-order valence-electron chi connectivity index (χ4n) is 3.32. The molecule has 1 aliphatic heterocycles. The van der Waals surface area contributed by atoms with Gasteiger partial charge in [-0.25, -0.2) is 8.42 Å². The zero-order chi connectivity index (χ0) is 17.6. The molecule has 0 spiro atoms. The minimum atomic E-state index is -3.02. The van der Waals surface area contributed by atoms with Crippen molar-refractivity contribution < 1.29 is 13.2 Å². The molecule has 1 fully saturated rings. The molecule has 0 aromatic heterocycles. The molecule has 134 valence electrons. The Balaban J connectivity index is 1.96. The fourth-order valence-corrected chi connectivity index (χ4v) is 5.06. The van der Waals surface area contributed by atoms with Crippen LogP contribution in [0.2, 0.25) is 0 Å². The third-order valence-corrected chi connectivity index (χ3v) is 6.53. The number of amides is 1. The monoisotopic (exact) mass is 352 g/mol. The van der Waals surface area contributed by atoms with Crippen LogP contribution in [0.3, 0.4) is 0 Å². The van der Waals surface area contributed by atoms with Crippen LogP contribution < -0.4 is 5.32 Å². The highest BCUT2D eigenvalue weighted by molar-refractivity contribution is 7.91. The number of benzene rings is 1. The first-order valence-electron chi connectivity index (χ1n) is 8.71. The predicted octanol–water partition coefficient (Wildman–Crippen LogP) is 1.49. The van der Waals surface area contributed by atoms with Crippen molar-refractivity contribution in [1.82, 2.24) is 10.2 Å². The van der Waals surface area contributed by atoms with Crippen LogP contribution in [0.1, 0.15) is 25.8 Å². The summed E-state index contributed by atoms with van der Waals surface area (Å²) in [5.74, 6) is -0.382. The topological polar surface area (TPSA) is 66.5 Å². The number of rotatable bonds is 8. The number of carbonyl (C=O) groups excluding carboxylic acids is 1. The van der Waals surface area contributed by atoms with Crippen molar-refractivity contribution in [3.8, 4) is 0 Å². The molecule has 1 saturated heterocycles. The molecule has 2 atom stereocenters. The average Bonchev–Trinajstić information content (AvgIpc) is 2.94. The molecule has 1 N–H and O–H groups in total. The molecular formula is C18H28N2O3S. The van der Waals surface area contributed by atoms with Crippen LogP contribution in [0, 0.1) is 5.92 Å². The Kier molecular flexibility index (Phi) is 6.80. The van der Waals surface area contributed by atoms with Crippen molar-refractivity contribution in [3.63, 3.8) is 0 Å². The summed E-state index contributed by atoms with van der Waals surface area (Å²) in [4.78, 5) is 14.6. The van der Waals surface area contributed by atoms with Crippen molar-refractivity contribution in [1.29, 1.82) is 0 Å². The Bertz CT molecular complexity index is 627. The summed E-state index contributed by atoms with van der Waals surface area (Å²) in [7, 11) is -3.02. The van der Waals surface area contributed by atoms with Crippen LogP contribution in [0.25, 0.3) is 0 Å². The van der Waals surface area contributed by atoms with Crippen molar-refractivity contribution in [2.75, 3.05) is 31.1 Å². The minimum Gasteiger partial charge on any atom is -0.354 e. The van der Waals surface area contributed by atoms with Crippen molar-refractivity contribution in [2.24, 2.45) is 5.92 Å². The van der Waals surface area contributed by atoms with E-state index in [2.05, 4.69) is 36.2 Å². The summed E-state index contributed by atoms with van der Waals surface area (Å²) >= 11 is 0. The quantitative estimate of drug-likeness (QED) is 0.770. The van der Waals surface area contributed by atoms with Crippen LogP contribution in [-0.2, 0) is 21.1 Å². The van der Waals surface area contributed by atoms with Crippen molar-refractivity contribution >= 4 is 15.7 Å². The summed E-state index contributed by atoms with van der Waals surface area (Å²) in [5, 5.41) is 2.99. The van der Waals surface area contributed by atoms with Gasteiger partial charge in [0.15, 0.2) is 9.84 Å². The van der Waals surface area contributed by atoms with Gasteiger partial charge in [-0.1, -0.05) is 44.2 Å². The van der Waals surface area contributed by atoms with E-state index in [1.165, 1.54) is 5.56 Å². The lowest BCUT2D eigenvalue weighted by atomic mass is 10.0. The molecular weight excluding hydrogens is 324 g/mol. The van der Waals surface area contributed by atoms with E-state index in [9.17, 15) is 13.2 Å². The summed E-state index contributed by atoms with van der Waals surface area (Å²) in [6, 6.07) is 10.5. The minimum absolute atomic E-state index is 0.00649. The van der Waals surface area contributed by atoms with Crippen molar-refractivity contribution in [2.45, 2.75) is 32.7 Å². The first-order valence-corrected chi connectivity index (χ1v) is 10.5. The summed E-state index contributed by atoms with van der Waals surface area (Å²) in [5.41, 5.74) is 1.24. The number of sulfone groups is 1. The number of nitrogens with zero attached hydrogens (tertiary/aromatic N) is 1. The Morgan fingerprint density at radius 1 is 1.25 bits per heavy atom. The highest BCUT2D eigenvalue weighted by Crippen LogP contribution is 2.18. The zero-order valence-corrected chi connectivity index (χ0v) is 15.4. The largest absolute Gasteiger partial charge is 0.354 e. The summed E-state index contributed by atoms with van der Waals surface area (Å²) in [6.07, 6.45) is 1.31. The van der Waals surface area contributed by atoms with Gasteiger partial charge >= 0.3 is 0 Å². The van der Waals surface area contributed by atoms with E-state index in [-0.39, 0.29) is 29.4 Å². The molecule has 1 aromatic carbocycles. The molecule has 5 nitrogen and oxygen atoms in total. The molecule has 1 heterocycles. The van der Waals surface area contributed by atoms with Crippen LogP contribution in [0.5, 0.6) is 0 Å². The van der Waals surface area contributed by atoms with E-state index in [4.69, 9.17) is 0 Å². The van der Waals surface area contributed by atoms with Crippen molar-refractivity contribution in [3.05, 3.63) is 35.9 Å². The second kappa shape index (κ2) is 8.62. The molecule has 6 heteroatoms. The Morgan fingerprint density at radius 3 is 2.46 bits per heavy atom. The lowest BCUT2D eigenvalue weighted by molar-refractivity contribution is -0.124. The van der Waals surface area contributed by atoms with Crippen LogP contribution in [-0.4, -0.2) is 56.4 Å². The third-order valence-electron chi connectivity index (χ3n) is 4.76. The van der Waals surface area contributed by atoms with E-state index < -0.39 is 9.84 Å². The van der Waals surface area contributed by atoms with Crippen LogP contribution in [0.15, 0.2) is 30.3 Å². The number of hydrogen-bond acceptors (Lipinski definition) is 4. The number of likely N-dealkylation sites (N-methyl/N-ethyl adjacent to an activating group) is 1. The Labute approximate surface area is 145 Å². The first-order chi connectivity index (χ1) is 11.4. The molecule has 0 aliphatic carbocycles. The molecule has 1 aliphatic rings. The van der Waals surface area contributed by atoms with Gasteiger partial charge < -0.3 is 5.32 Å². The Hall–Kier alpha value is -1.40. The fraction of sp³-hybridized carbons (Fsp3) is 0.611. The molecule has 24 heavy (non-hydrogen) atoms. The highest BCUT2D eigenvalue weighted by atomic mass is 32.2. The van der Waals surface area contributed by atoms with Gasteiger partial charge in [0.1, 0.15) is 0 Å². The Morgan fingerprint density at radius 2 is 1.92 bits per heavy atom. The summed E-state index contributed by atoms with van der Waals surface area (Å²) in [6.45, 7) is 6.62. The smallest absolute Gasteiger partial charge is 0.224 e. The molecule has 0 unspecified atom stereocenters. The van der Waals surface area contributed by atoms with Crippen LogP contribution in [0.4, 0.5) is 0 Å². The predicted molar refractivity (Wildman–Crippen MR) is 96.6 cm³/mol. The normalized spacial score (nSPS) is 20.9. The second-order valence-electron chi connectivity index (χ2n) is 6.41. The van der Waals surface area contributed by atoms with Gasteiger partial charge in [-0.05, 0) is 31.5 Å². The number of carbonyl (C=O) groups is 1. The van der Waals surface area contributed by atoms with E-state index in [1.807, 2.05) is 18.2 Å². The van der Waals surface area contributed by atoms with Gasteiger partial charge in [-0.2, -0.15) is 0 Å². The maximum absolute atomic E-state index is 12.3. The van der Waals surface area contributed by atoms with Gasteiger partial charge in [0.25, 0.3) is 0 Å². The molecule has 0 radical (unpaired) electrons. The van der Waals surface area contributed by atoms with Gasteiger partial charge in [0.05, 0.1) is 17.4 Å². The molecule has 2 rings (SSSR count). The highest BCUT2D eigenvalue weighted by Gasteiger charge is 2.33.